The van der Waals surface area contributed by atoms with Crippen LogP contribution < -0.4 is 0 Å². The highest BCUT2D eigenvalue weighted by Crippen LogP contribution is 2.12. The Morgan fingerprint density at radius 3 is 2.00 bits per heavy atom. The maximum Gasteiger partial charge on any atom is 0.211 e. The molecule has 0 aliphatic heterocycles. The van der Waals surface area contributed by atoms with Crippen LogP contribution in [0.15, 0.2) is 12.7 Å². The van der Waals surface area contributed by atoms with Gasteiger partial charge in [0.1, 0.15) is 0 Å². The van der Waals surface area contributed by atoms with Crippen molar-refractivity contribution in [2.75, 3.05) is 40.3 Å². The van der Waals surface area contributed by atoms with E-state index in [4.69, 9.17) is 0 Å². The van der Waals surface area contributed by atoms with Crippen molar-refractivity contribution in [2.45, 2.75) is 6.92 Å². The average molecular weight is 297 g/mol. The Hall–Kier alpha value is 0.810. The smallest absolute Gasteiger partial charge is 0.211 e. The Morgan fingerprint density at radius 1 is 1.00 bits per heavy atom. The molecule has 16 heavy (non-hydrogen) atoms. The van der Waals surface area contributed by atoms with Crippen molar-refractivity contribution < 1.29 is 4.79 Å². The van der Waals surface area contributed by atoms with Crippen LogP contribution in [0.25, 0.3) is 0 Å². The third-order valence-corrected chi connectivity index (χ3v) is 6.09. The summed E-state index contributed by atoms with van der Waals surface area (Å²) in [5, 5.41) is 0.0894. The van der Waals surface area contributed by atoms with Crippen molar-refractivity contribution in [1.29, 1.82) is 0 Å². The monoisotopic (exact) mass is 296 g/mol. The van der Waals surface area contributed by atoms with E-state index < -0.39 is 0 Å². The second kappa shape index (κ2) is 13.9. The van der Waals surface area contributed by atoms with Gasteiger partial charge in [0.2, 0.25) is 5.12 Å². The summed E-state index contributed by atoms with van der Waals surface area (Å²) in [6, 6.07) is 0. The van der Waals surface area contributed by atoms with Crippen LogP contribution in [0.5, 0.6) is 0 Å². The number of hydrogen-bond donors (Lipinski definition) is 0. The fourth-order valence-electron chi connectivity index (χ4n) is 0.844. The van der Waals surface area contributed by atoms with Gasteiger partial charge in [-0.2, -0.15) is 35.3 Å². The first kappa shape index (κ1) is 16.8. The van der Waals surface area contributed by atoms with Crippen LogP contribution in [0, 0.1) is 0 Å². The molecular formula is C11H20OS4. The van der Waals surface area contributed by atoms with Crippen molar-refractivity contribution in [3.8, 4) is 0 Å². The highest BCUT2D eigenvalue weighted by molar-refractivity contribution is 8.14. The van der Waals surface area contributed by atoms with E-state index in [1.165, 1.54) is 46.6 Å². The second-order valence-electron chi connectivity index (χ2n) is 2.79. The Kier molecular flexibility index (Phi) is 14.6. The van der Waals surface area contributed by atoms with Gasteiger partial charge in [0, 0.05) is 34.5 Å². The van der Waals surface area contributed by atoms with E-state index in [9.17, 15) is 4.79 Å². The molecule has 0 aromatic rings. The molecule has 0 aliphatic carbocycles. The maximum absolute atomic E-state index is 10.9. The molecule has 0 atom stereocenters. The molecule has 0 saturated carbocycles. The Balaban J connectivity index is 2.98. The van der Waals surface area contributed by atoms with Crippen LogP contribution in [0.4, 0.5) is 0 Å². The molecular weight excluding hydrogens is 276 g/mol. The molecule has 1 nitrogen and oxygen atoms in total. The third kappa shape index (κ3) is 12.9. The lowest BCUT2D eigenvalue weighted by Crippen LogP contribution is -1.94. The zero-order valence-corrected chi connectivity index (χ0v) is 13.0. The van der Waals surface area contributed by atoms with Crippen molar-refractivity contribution in [3.63, 3.8) is 0 Å². The van der Waals surface area contributed by atoms with Gasteiger partial charge in [0.25, 0.3) is 0 Å². The van der Waals surface area contributed by atoms with E-state index in [2.05, 4.69) is 13.5 Å². The summed E-state index contributed by atoms with van der Waals surface area (Å²) < 4.78 is 0. The van der Waals surface area contributed by atoms with Crippen molar-refractivity contribution in [1.82, 2.24) is 0 Å². The van der Waals surface area contributed by atoms with Crippen molar-refractivity contribution >= 4 is 52.2 Å². The van der Waals surface area contributed by atoms with Gasteiger partial charge in [-0.05, 0) is 11.8 Å². The molecule has 0 saturated heterocycles. The quantitative estimate of drug-likeness (QED) is 0.426. The van der Waals surface area contributed by atoms with Gasteiger partial charge in [0.15, 0.2) is 0 Å². The predicted molar refractivity (Wildman–Crippen MR) is 85.3 cm³/mol. The highest BCUT2D eigenvalue weighted by Gasteiger charge is 1.96. The van der Waals surface area contributed by atoms with Crippen LogP contribution in [0.2, 0.25) is 0 Å². The first-order valence-electron chi connectivity index (χ1n) is 5.33. The molecule has 0 heterocycles. The van der Waals surface area contributed by atoms with Gasteiger partial charge in [-0.25, -0.2) is 0 Å². The molecule has 0 spiro atoms. The molecule has 0 rings (SSSR count). The maximum atomic E-state index is 10.9. The van der Waals surface area contributed by atoms with Gasteiger partial charge in [-0.1, -0.05) is 25.3 Å². The SMILES string of the molecule is C=CC(=O)SCCSCCSCCSCC. The van der Waals surface area contributed by atoms with Gasteiger partial charge >= 0.3 is 0 Å². The zero-order chi connectivity index (χ0) is 12.1. The van der Waals surface area contributed by atoms with Crippen LogP contribution >= 0.6 is 47.0 Å². The molecule has 5 heteroatoms. The topological polar surface area (TPSA) is 17.1 Å². The van der Waals surface area contributed by atoms with Gasteiger partial charge in [-0.15, -0.1) is 0 Å². The summed E-state index contributed by atoms with van der Waals surface area (Å²) in [6.07, 6.45) is 1.39. The lowest BCUT2D eigenvalue weighted by molar-refractivity contribution is -0.107. The number of thioether (sulfide) groups is 4. The summed E-state index contributed by atoms with van der Waals surface area (Å²) in [4.78, 5) is 10.9. The van der Waals surface area contributed by atoms with E-state index in [1.807, 2.05) is 35.3 Å². The minimum Gasteiger partial charge on any atom is -0.282 e. The Morgan fingerprint density at radius 2 is 1.50 bits per heavy atom. The number of hydrogen-bond acceptors (Lipinski definition) is 5. The van der Waals surface area contributed by atoms with E-state index in [0.717, 1.165) is 11.5 Å². The fraction of sp³-hybridized carbons (Fsp3) is 0.727. The number of carbonyl (C=O) groups is 1. The molecule has 0 aromatic carbocycles. The fourth-order valence-corrected chi connectivity index (χ4v) is 4.55. The summed E-state index contributed by atoms with van der Waals surface area (Å²) in [7, 11) is 0. The number of rotatable bonds is 11. The summed E-state index contributed by atoms with van der Waals surface area (Å²) in [5.41, 5.74) is 0. The van der Waals surface area contributed by atoms with Crippen LogP contribution in [-0.2, 0) is 4.79 Å². The van der Waals surface area contributed by atoms with Crippen molar-refractivity contribution in [2.24, 2.45) is 0 Å². The lowest BCUT2D eigenvalue weighted by atomic mass is 10.7. The van der Waals surface area contributed by atoms with Crippen molar-refractivity contribution in [3.05, 3.63) is 12.7 Å². The molecule has 0 amide bonds. The standard InChI is InChI=1S/C11H20OS4/c1-3-11(12)16-10-9-15-8-7-14-6-5-13-4-2/h3H,1,4-10H2,2H3. The summed E-state index contributed by atoms with van der Waals surface area (Å²) in [6.45, 7) is 5.64. The largest absolute Gasteiger partial charge is 0.282 e. The van der Waals surface area contributed by atoms with Crippen LogP contribution in [-0.4, -0.2) is 45.4 Å². The van der Waals surface area contributed by atoms with Gasteiger partial charge in [-0.3, -0.25) is 4.79 Å². The highest BCUT2D eigenvalue weighted by atomic mass is 32.2. The molecule has 0 N–H and O–H groups in total. The van der Waals surface area contributed by atoms with E-state index in [1.54, 1.807) is 0 Å². The first-order valence-corrected chi connectivity index (χ1v) is 9.78. The van der Waals surface area contributed by atoms with E-state index >= 15 is 0 Å². The predicted octanol–water partition coefficient (Wildman–Crippen LogP) is 3.65. The minimum atomic E-state index is 0.0894. The average Bonchev–Trinajstić information content (AvgIpc) is 2.31. The van der Waals surface area contributed by atoms with Gasteiger partial charge < -0.3 is 0 Å². The molecule has 0 unspecified atom stereocenters. The molecule has 0 aliphatic rings. The Labute approximate surface area is 116 Å². The Bertz CT molecular complexity index is 185. The number of carbonyl (C=O) groups excluding carboxylic acids is 1. The molecule has 0 fully saturated rings. The van der Waals surface area contributed by atoms with Crippen LogP contribution in [0.1, 0.15) is 6.92 Å². The van der Waals surface area contributed by atoms with Gasteiger partial charge in [0.05, 0.1) is 0 Å². The van der Waals surface area contributed by atoms with E-state index in [-0.39, 0.29) is 5.12 Å². The molecule has 0 aromatic heterocycles. The van der Waals surface area contributed by atoms with Crippen LogP contribution in [0.3, 0.4) is 0 Å². The third-order valence-electron chi connectivity index (χ3n) is 1.59. The second-order valence-corrected chi connectivity index (χ2v) is 7.74. The first-order chi connectivity index (χ1) is 7.81. The normalized spacial score (nSPS) is 10.3. The molecule has 0 bridgehead atoms. The molecule has 0 radical (unpaired) electrons. The molecule has 94 valence electrons. The lowest BCUT2D eigenvalue weighted by Gasteiger charge is -2.01. The van der Waals surface area contributed by atoms with E-state index in [0.29, 0.717) is 0 Å². The zero-order valence-electron chi connectivity index (χ0n) is 9.78. The minimum absolute atomic E-state index is 0.0894. The summed E-state index contributed by atoms with van der Waals surface area (Å²) in [5.74, 6) is 8.17. The summed E-state index contributed by atoms with van der Waals surface area (Å²) >= 11 is 7.34.